The lowest BCUT2D eigenvalue weighted by Crippen LogP contribution is -2.14. The van der Waals surface area contributed by atoms with Crippen molar-refractivity contribution in [2.24, 2.45) is 0 Å². The summed E-state index contributed by atoms with van der Waals surface area (Å²) >= 11 is 2.19. The predicted octanol–water partition coefficient (Wildman–Crippen LogP) is 5.04. The highest BCUT2D eigenvalue weighted by Crippen LogP contribution is 2.42. The van der Waals surface area contributed by atoms with Crippen molar-refractivity contribution < 1.29 is 28.9 Å². The Bertz CT molecular complexity index is 951. The number of ether oxygens (including phenoxy) is 1. The first-order valence-electron chi connectivity index (χ1n) is 9.40. The van der Waals surface area contributed by atoms with Gasteiger partial charge in [0.2, 0.25) is 0 Å². The van der Waals surface area contributed by atoms with Gasteiger partial charge in [-0.15, -0.1) is 0 Å². The molecule has 0 saturated carbocycles. The smallest absolute Gasteiger partial charge is 0.310 e. The van der Waals surface area contributed by atoms with Gasteiger partial charge in [-0.2, -0.15) is 0 Å². The molecule has 1 unspecified atom stereocenters. The summed E-state index contributed by atoms with van der Waals surface area (Å²) in [5.74, 6) is -1.35. The van der Waals surface area contributed by atoms with E-state index < -0.39 is 24.3 Å². The zero-order chi connectivity index (χ0) is 22.4. The van der Waals surface area contributed by atoms with Crippen molar-refractivity contribution >= 4 is 40.4 Å². The molecule has 2 aromatic carbocycles. The molecule has 2 N–H and O–H groups in total. The Hall–Kier alpha value is -2.26. The molecule has 7 heteroatoms. The standard InChI is InChI=1S/C23H24FIO5/c1-13(2)19-12-20(25)23(30-3)22(14-4-6-15(24)7-5-14)18(19)9-8-16(26)10-17(27)11-21(28)29/h4-9,12-13,16,26H,10-11H2,1-3H3,(H,28,29)/b9-8+. The van der Waals surface area contributed by atoms with Crippen LogP contribution in [0.5, 0.6) is 5.75 Å². The van der Waals surface area contributed by atoms with Crippen LogP contribution >= 0.6 is 22.6 Å². The molecule has 0 spiro atoms. The van der Waals surface area contributed by atoms with Crippen molar-refractivity contribution in [3.05, 3.63) is 56.9 Å². The van der Waals surface area contributed by atoms with E-state index >= 15 is 0 Å². The fraction of sp³-hybridized carbons (Fsp3) is 0.304. The summed E-state index contributed by atoms with van der Waals surface area (Å²) in [6.45, 7) is 4.08. The maximum atomic E-state index is 13.5. The Morgan fingerprint density at radius 1 is 1.23 bits per heavy atom. The molecule has 0 radical (unpaired) electrons. The van der Waals surface area contributed by atoms with Crippen LogP contribution in [-0.2, 0) is 9.59 Å². The van der Waals surface area contributed by atoms with Crippen molar-refractivity contribution in [2.45, 2.75) is 38.7 Å². The third-order valence-electron chi connectivity index (χ3n) is 4.54. The van der Waals surface area contributed by atoms with Crippen LogP contribution in [0.1, 0.15) is 43.7 Å². The second kappa shape index (κ2) is 10.7. The molecule has 0 fully saturated rings. The summed E-state index contributed by atoms with van der Waals surface area (Å²) < 4.78 is 20.0. The number of carboxylic acids is 1. The number of hydrogen-bond acceptors (Lipinski definition) is 4. The zero-order valence-electron chi connectivity index (χ0n) is 17.0. The Morgan fingerprint density at radius 3 is 2.40 bits per heavy atom. The first-order valence-corrected chi connectivity index (χ1v) is 10.5. The molecule has 0 heterocycles. The van der Waals surface area contributed by atoms with Crippen molar-refractivity contribution in [2.75, 3.05) is 7.11 Å². The van der Waals surface area contributed by atoms with Gasteiger partial charge in [0.25, 0.3) is 0 Å². The highest BCUT2D eigenvalue weighted by atomic mass is 127. The molecular weight excluding hydrogens is 502 g/mol. The van der Waals surface area contributed by atoms with Gasteiger partial charge in [-0.1, -0.05) is 38.1 Å². The highest BCUT2D eigenvalue weighted by Gasteiger charge is 2.20. The largest absolute Gasteiger partial charge is 0.495 e. The lowest BCUT2D eigenvalue weighted by Gasteiger charge is -2.20. The molecule has 0 aliphatic carbocycles. The molecule has 160 valence electrons. The quantitative estimate of drug-likeness (QED) is 0.354. The van der Waals surface area contributed by atoms with Crippen LogP contribution in [0.15, 0.2) is 36.4 Å². The molecule has 5 nitrogen and oxygen atoms in total. The minimum absolute atomic E-state index is 0.147. The van der Waals surface area contributed by atoms with E-state index in [0.29, 0.717) is 5.75 Å². The van der Waals surface area contributed by atoms with Gasteiger partial charge in [0.05, 0.1) is 16.8 Å². The fourth-order valence-electron chi connectivity index (χ4n) is 3.18. The van der Waals surface area contributed by atoms with E-state index in [2.05, 4.69) is 22.6 Å². The summed E-state index contributed by atoms with van der Waals surface area (Å²) in [4.78, 5) is 22.3. The van der Waals surface area contributed by atoms with E-state index in [-0.39, 0.29) is 18.2 Å². The first-order chi connectivity index (χ1) is 14.1. The number of methoxy groups -OCH3 is 1. The van der Waals surface area contributed by atoms with Gasteiger partial charge in [0.15, 0.2) is 0 Å². The number of carbonyl (C=O) groups excluding carboxylic acids is 1. The third kappa shape index (κ3) is 6.12. The number of ketones is 1. The number of benzene rings is 2. The number of carboxylic acid groups (broad SMARTS) is 1. The number of aliphatic hydroxyl groups excluding tert-OH is 1. The number of rotatable bonds is 9. The predicted molar refractivity (Wildman–Crippen MR) is 122 cm³/mol. The molecule has 0 saturated heterocycles. The maximum absolute atomic E-state index is 13.5. The molecule has 0 aliphatic heterocycles. The molecule has 0 aliphatic rings. The van der Waals surface area contributed by atoms with Crippen LogP contribution < -0.4 is 4.74 Å². The SMILES string of the molecule is COc1c(I)cc(C(C)C)c(/C=C/C(O)CC(=O)CC(=O)O)c1-c1ccc(F)cc1. The number of aliphatic hydroxyl groups is 1. The summed E-state index contributed by atoms with van der Waals surface area (Å²) in [5.41, 5.74) is 3.30. The third-order valence-corrected chi connectivity index (χ3v) is 5.34. The van der Waals surface area contributed by atoms with Gasteiger partial charge in [-0.25, -0.2) is 4.39 Å². The Morgan fingerprint density at radius 2 is 1.87 bits per heavy atom. The summed E-state index contributed by atoms with van der Waals surface area (Å²) in [5, 5.41) is 18.9. The topological polar surface area (TPSA) is 83.8 Å². The lowest BCUT2D eigenvalue weighted by molar-refractivity contribution is -0.140. The van der Waals surface area contributed by atoms with E-state index in [9.17, 15) is 19.1 Å². The van der Waals surface area contributed by atoms with Crippen LogP contribution in [0.2, 0.25) is 0 Å². The molecule has 0 bridgehead atoms. The monoisotopic (exact) mass is 526 g/mol. The van der Waals surface area contributed by atoms with E-state index in [0.717, 1.165) is 25.8 Å². The molecule has 30 heavy (non-hydrogen) atoms. The van der Waals surface area contributed by atoms with Gasteiger partial charge in [-0.05, 0) is 63.4 Å². The Kier molecular flexibility index (Phi) is 8.54. The second-order valence-electron chi connectivity index (χ2n) is 7.17. The number of carbonyl (C=O) groups is 2. The van der Waals surface area contributed by atoms with Crippen molar-refractivity contribution in [1.82, 2.24) is 0 Å². The number of hydrogen-bond donors (Lipinski definition) is 2. The van der Waals surface area contributed by atoms with E-state index in [4.69, 9.17) is 9.84 Å². The van der Waals surface area contributed by atoms with Gasteiger partial charge in [-0.3, -0.25) is 9.59 Å². The first kappa shape index (κ1) is 24.0. The minimum atomic E-state index is -1.22. The van der Waals surface area contributed by atoms with E-state index in [1.54, 1.807) is 25.3 Å². The lowest BCUT2D eigenvalue weighted by atomic mass is 9.88. The molecule has 2 aromatic rings. The normalized spacial score (nSPS) is 12.4. The zero-order valence-corrected chi connectivity index (χ0v) is 19.1. The molecular formula is C23H24FIO5. The average molecular weight is 526 g/mol. The maximum Gasteiger partial charge on any atom is 0.310 e. The van der Waals surface area contributed by atoms with E-state index in [1.165, 1.54) is 18.2 Å². The van der Waals surface area contributed by atoms with Crippen LogP contribution in [0.4, 0.5) is 4.39 Å². The second-order valence-corrected chi connectivity index (χ2v) is 8.33. The number of halogens is 2. The van der Waals surface area contributed by atoms with Gasteiger partial charge < -0.3 is 14.9 Å². The molecule has 0 aromatic heterocycles. The molecule has 0 amide bonds. The fourth-order valence-corrected chi connectivity index (χ4v) is 4.00. The minimum Gasteiger partial charge on any atom is -0.495 e. The Balaban J connectivity index is 2.56. The van der Waals surface area contributed by atoms with Gasteiger partial charge >= 0.3 is 5.97 Å². The number of aliphatic carboxylic acids is 1. The number of Topliss-reactive ketones (excluding diaryl/α,β-unsaturated/α-hetero) is 1. The van der Waals surface area contributed by atoms with Crippen LogP contribution in [0.3, 0.4) is 0 Å². The average Bonchev–Trinajstić information content (AvgIpc) is 2.66. The summed E-state index contributed by atoms with van der Waals surface area (Å²) in [6.07, 6.45) is 1.15. The van der Waals surface area contributed by atoms with E-state index in [1.807, 2.05) is 19.9 Å². The van der Waals surface area contributed by atoms with Gasteiger partial charge in [0, 0.05) is 12.0 Å². The van der Waals surface area contributed by atoms with Gasteiger partial charge in [0.1, 0.15) is 23.8 Å². The molecule has 1 atom stereocenters. The summed E-state index contributed by atoms with van der Waals surface area (Å²) in [6, 6.07) is 8.07. The molecule has 2 rings (SSSR count). The highest BCUT2D eigenvalue weighted by molar-refractivity contribution is 14.1. The Labute approximate surface area is 188 Å². The van der Waals surface area contributed by atoms with Crippen molar-refractivity contribution in [3.63, 3.8) is 0 Å². The van der Waals surface area contributed by atoms with Crippen LogP contribution in [0.25, 0.3) is 17.2 Å². The van der Waals surface area contributed by atoms with Crippen LogP contribution in [0, 0.1) is 9.39 Å². The summed E-state index contributed by atoms with van der Waals surface area (Å²) in [7, 11) is 1.56. The van der Waals surface area contributed by atoms with Crippen molar-refractivity contribution in [3.8, 4) is 16.9 Å². The van der Waals surface area contributed by atoms with Crippen LogP contribution in [-0.4, -0.2) is 35.2 Å². The van der Waals surface area contributed by atoms with Crippen molar-refractivity contribution in [1.29, 1.82) is 0 Å².